The minimum atomic E-state index is 0.835. The normalized spacial score (nSPS) is 9.67. The molecule has 0 saturated carbocycles. The third-order valence-corrected chi connectivity index (χ3v) is 1.67. The van der Waals surface area contributed by atoms with Gasteiger partial charge in [0.1, 0.15) is 11.4 Å². The van der Waals surface area contributed by atoms with Gasteiger partial charge < -0.3 is 8.05 Å². The summed E-state index contributed by atoms with van der Waals surface area (Å²) in [6.45, 7) is 3.78. The van der Waals surface area contributed by atoms with Gasteiger partial charge in [-0.25, -0.2) is 0 Å². The van der Waals surface area contributed by atoms with Gasteiger partial charge in [-0.3, -0.25) is 0 Å². The molecule has 1 aromatic heterocycles. The van der Waals surface area contributed by atoms with Crippen molar-refractivity contribution in [2.75, 3.05) is 3.53 Å². The highest BCUT2D eigenvalue weighted by molar-refractivity contribution is 14.1. The van der Waals surface area contributed by atoms with Crippen LogP contribution in [-0.2, 0) is 0 Å². The predicted octanol–water partition coefficient (Wildman–Crippen LogP) is 2.05. The van der Waals surface area contributed by atoms with Gasteiger partial charge in [0, 0.05) is 0 Å². The molecule has 1 heterocycles. The Morgan fingerprint density at radius 3 is 2.44 bits per heavy atom. The minimum Gasteiger partial charge on any atom is -0.359 e. The zero-order valence-corrected chi connectivity index (χ0v) is 7.39. The van der Waals surface area contributed by atoms with Gasteiger partial charge in [-0.2, -0.15) is 0 Å². The van der Waals surface area contributed by atoms with E-state index in [2.05, 4.69) is 31.6 Å². The molecule has 0 aliphatic heterocycles. The highest BCUT2D eigenvalue weighted by Crippen LogP contribution is 2.19. The standard InChI is InChI=1S/C5H7IN2O/c1-3-5(7-6)4(2)9-8-3/h7H,1-2H3. The van der Waals surface area contributed by atoms with Crippen molar-refractivity contribution >= 4 is 28.6 Å². The van der Waals surface area contributed by atoms with E-state index in [0.29, 0.717) is 0 Å². The van der Waals surface area contributed by atoms with Crippen LogP contribution in [0.3, 0.4) is 0 Å². The van der Waals surface area contributed by atoms with Crippen molar-refractivity contribution in [1.29, 1.82) is 0 Å². The van der Waals surface area contributed by atoms with Crippen LogP contribution in [0.15, 0.2) is 4.52 Å². The third kappa shape index (κ3) is 1.17. The molecule has 9 heavy (non-hydrogen) atoms. The number of nitrogens with one attached hydrogen (secondary N) is 1. The molecule has 0 aliphatic carbocycles. The van der Waals surface area contributed by atoms with Crippen molar-refractivity contribution in [3.63, 3.8) is 0 Å². The van der Waals surface area contributed by atoms with Crippen molar-refractivity contribution in [1.82, 2.24) is 5.16 Å². The topological polar surface area (TPSA) is 38.1 Å². The smallest absolute Gasteiger partial charge is 0.157 e. The SMILES string of the molecule is Cc1noc(C)c1NI. The molecule has 1 rings (SSSR count). The number of halogens is 1. The number of aromatic nitrogens is 1. The van der Waals surface area contributed by atoms with Crippen LogP contribution in [0.25, 0.3) is 0 Å². The summed E-state index contributed by atoms with van der Waals surface area (Å²) in [6.07, 6.45) is 0. The maximum atomic E-state index is 4.87. The Balaban J connectivity index is 3.07. The van der Waals surface area contributed by atoms with Crippen LogP contribution in [0.2, 0.25) is 0 Å². The van der Waals surface area contributed by atoms with E-state index in [1.807, 2.05) is 13.8 Å². The summed E-state index contributed by atoms with van der Waals surface area (Å²) in [7, 11) is 0. The lowest BCUT2D eigenvalue weighted by molar-refractivity contribution is 0.394. The summed E-state index contributed by atoms with van der Waals surface area (Å²) in [5, 5.41) is 3.74. The number of rotatable bonds is 1. The van der Waals surface area contributed by atoms with Crippen LogP contribution >= 0.6 is 22.9 Å². The van der Waals surface area contributed by atoms with Gasteiger partial charge in [-0.05, 0) is 13.8 Å². The Kier molecular flexibility index (Phi) is 1.94. The molecule has 3 nitrogen and oxygen atoms in total. The van der Waals surface area contributed by atoms with Crippen LogP contribution in [-0.4, -0.2) is 5.16 Å². The number of anilines is 1. The molecule has 0 radical (unpaired) electrons. The molecular weight excluding hydrogens is 231 g/mol. The summed E-state index contributed by atoms with van der Waals surface area (Å²) in [6, 6.07) is 0. The van der Waals surface area contributed by atoms with Crippen LogP contribution in [0.1, 0.15) is 11.5 Å². The average Bonchev–Trinajstić information content (AvgIpc) is 2.12. The van der Waals surface area contributed by atoms with E-state index in [9.17, 15) is 0 Å². The van der Waals surface area contributed by atoms with Crippen LogP contribution in [0, 0.1) is 13.8 Å². The maximum absolute atomic E-state index is 4.87. The van der Waals surface area contributed by atoms with Crippen molar-refractivity contribution in [2.45, 2.75) is 13.8 Å². The molecule has 0 saturated heterocycles. The number of nitrogens with zero attached hydrogens (tertiary/aromatic N) is 1. The molecular formula is C5H7IN2O. The molecule has 4 heteroatoms. The van der Waals surface area contributed by atoms with Gasteiger partial charge in [0.25, 0.3) is 0 Å². The van der Waals surface area contributed by atoms with Gasteiger partial charge in [-0.15, -0.1) is 0 Å². The number of hydrogen-bond donors (Lipinski definition) is 1. The Labute approximate surface area is 67.3 Å². The van der Waals surface area contributed by atoms with Crippen LogP contribution in [0.4, 0.5) is 5.69 Å². The molecule has 0 spiro atoms. The summed E-state index contributed by atoms with van der Waals surface area (Å²) in [5.41, 5.74) is 1.89. The van der Waals surface area contributed by atoms with Gasteiger partial charge in [0.15, 0.2) is 5.76 Å². The molecule has 0 unspecified atom stereocenters. The highest BCUT2D eigenvalue weighted by atomic mass is 127. The van der Waals surface area contributed by atoms with E-state index in [4.69, 9.17) is 4.52 Å². The molecule has 0 aromatic carbocycles. The summed E-state index contributed by atoms with van der Waals surface area (Å²) >= 11 is 2.05. The predicted molar refractivity (Wildman–Crippen MR) is 43.6 cm³/mol. The van der Waals surface area contributed by atoms with E-state index in [1.54, 1.807) is 0 Å². The molecule has 0 atom stereocenters. The average molecular weight is 238 g/mol. The lowest BCUT2D eigenvalue weighted by Gasteiger charge is -1.90. The molecule has 0 fully saturated rings. The van der Waals surface area contributed by atoms with E-state index >= 15 is 0 Å². The van der Waals surface area contributed by atoms with Crippen molar-refractivity contribution in [2.24, 2.45) is 0 Å². The molecule has 0 bridgehead atoms. The molecule has 0 amide bonds. The first kappa shape index (κ1) is 6.85. The minimum absolute atomic E-state index is 0.835. The van der Waals surface area contributed by atoms with Gasteiger partial charge in [-0.1, -0.05) is 5.16 Å². The fourth-order valence-corrected chi connectivity index (χ4v) is 1.39. The monoisotopic (exact) mass is 238 g/mol. The second-order valence-corrected chi connectivity index (χ2v) is 2.33. The molecule has 0 aliphatic rings. The van der Waals surface area contributed by atoms with E-state index in [0.717, 1.165) is 17.1 Å². The first-order chi connectivity index (χ1) is 4.25. The lowest BCUT2D eigenvalue weighted by atomic mass is 10.3. The first-order valence-corrected chi connectivity index (χ1v) is 3.63. The van der Waals surface area contributed by atoms with Gasteiger partial charge in [0.2, 0.25) is 0 Å². The lowest BCUT2D eigenvalue weighted by Crippen LogP contribution is -1.80. The molecule has 1 aromatic rings. The first-order valence-electron chi connectivity index (χ1n) is 2.55. The summed E-state index contributed by atoms with van der Waals surface area (Å²) in [4.78, 5) is 0. The van der Waals surface area contributed by atoms with Crippen molar-refractivity contribution in [3.05, 3.63) is 11.5 Å². The zero-order valence-electron chi connectivity index (χ0n) is 5.23. The van der Waals surface area contributed by atoms with Crippen LogP contribution < -0.4 is 3.53 Å². The Morgan fingerprint density at radius 1 is 1.56 bits per heavy atom. The van der Waals surface area contributed by atoms with Gasteiger partial charge in [0.05, 0.1) is 22.9 Å². The summed E-state index contributed by atoms with van der Waals surface area (Å²) < 4.78 is 7.83. The zero-order chi connectivity index (χ0) is 6.85. The third-order valence-electron chi connectivity index (χ3n) is 1.13. The second-order valence-electron chi connectivity index (χ2n) is 1.79. The van der Waals surface area contributed by atoms with E-state index in [-0.39, 0.29) is 0 Å². The van der Waals surface area contributed by atoms with Gasteiger partial charge >= 0.3 is 0 Å². The highest BCUT2D eigenvalue weighted by Gasteiger charge is 2.04. The molecule has 50 valence electrons. The fourth-order valence-electron chi connectivity index (χ4n) is 0.618. The quantitative estimate of drug-likeness (QED) is 0.601. The number of aryl methyl sites for hydroxylation is 2. The Hall–Kier alpha value is -0.260. The Bertz CT molecular complexity index is 189. The largest absolute Gasteiger partial charge is 0.359 e. The Morgan fingerprint density at radius 2 is 2.22 bits per heavy atom. The maximum Gasteiger partial charge on any atom is 0.157 e. The fraction of sp³-hybridized carbons (Fsp3) is 0.400. The van der Waals surface area contributed by atoms with E-state index < -0.39 is 0 Å². The summed E-state index contributed by atoms with van der Waals surface area (Å²) in [5.74, 6) is 0.835. The van der Waals surface area contributed by atoms with Crippen molar-refractivity contribution in [3.8, 4) is 0 Å². The van der Waals surface area contributed by atoms with Crippen LogP contribution in [0.5, 0.6) is 0 Å². The van der Waals surface area contributed by atoms with Crippen molar-refractivity contribution < 1.29 is 4.52 Å². The number of hydrogen-bond acceptors (Lipinski definition) is 3. The van der Waals surface area contributed by atoms with E-state index in [1.165, 1.54) is 0 Å². The second kappa shape index (κ2) is 2.55. The molecule has 1 N–H and O–H groups in total.